The Morgan fingerprint density at radius 2 is 1.54 bits per heavy atom. The van der Waals surface area contributed by atoms with Gasteiger partial charge in [-0.15, -0.1) is 0 Å². The van der Waals surface area contributed by atoms with Gasteiger partial charge in [0.2, 0.25) is 0 Å². The van der Waals surface area contributed by atoms with Crippen LogP contribution < -0.4 is 9.47 Å². The molecule has 0 amide bonds. The third-order valence-corrected chi connectivity index (χ3v) is 7.03. The number of rotatable bonds is 5. The molecule has 0 spiro atoms. The summed E-state index contributed by atoms with van der Waals surface area (Å²) in [4.78, 5) is 0. The van der Waals surface area contributed by atoms with Crippen molar-refractivity contribution in [3.05, 3.63) is 59.7 Å². The molecule has 2 aromatic rings. The van der Waals surface area contributed by atoms with Gasteiger partial charge in [0, 0.05) is 5.56 Å². The van der Waals surface area contributed by atoms with Crippen LogP contribution in [0.15, 0.2) is 48.5 Å². The number of methoxy groups -OCH3 is 1. The summed E-state index contributed by atoms with van der Waals surface area (Å²) in [5.74, 6) is 4.80. The Hall–Kier alpha value is -1.96. The Morgan fingerprint density at radius 3 is 2.15 bits per heavy atom. The first-order valence-electron chi connectivity index (χ1n) is 10.1. The van der Waals surface area contributed by atoms with Crippen molar-refractivity contribution in [3.63, 3.8) is 0 Å². The lowest BCUT2D eigenvalue weighted by molar-refractivity contribution is -0.00656. The third-order valence-electron chi connectivity index (χ3n) is 7.03. The van der Waals surface area contributed by atoms with Crippen molar-refractivity contribution in [2.45, 2.75) is 50.5 Å². The van der Waals surface area contributed by atoms with E-state index in [2.05, 4.69) is 42.5 Å². The third kappa shape index (κ3) is 2.80. The first-order chi connectivity index (χ1) is 12.7. The van der Waals surface area contributed by atoms with E-state index in [1.807, 2.05) is 6.07 Å². The predicted molar refractivity (Wildman–Crippen MR) is 104 cm³/mol. The van der Waals surface area contributed by atoms with Gasteiger partial charge >= 0.3 is 0 Å². The van der Waals surface area contributed by atoms with E-state index < -0.39 is 0 Å². The molecule has 0 unspecified atom stereocenters. The largest absolute Gasteiger partial charge is 0.497 e. The number of benzene rings is 2. The van der Waals surface area contributed by atoms with Gasteiger partial charge in [0.15, 0.2) is 0 Å². The first kappa shape index (κ1) is 16.2. The van der Waals surface area contributed by atoms with Crippen molar-refractivity contribution in [3.8, 4) is 11.5 Å². The van der Waals surface area contributed by atoms with Gasteiger partial charge in [-0.25, -0.2) is 0 Å². The summed E-state index contributed by atoms with van der Waals surface area (Å²) in [7, 11) is 1.77. The minimum absolute atomic E-state index is 0.315. The van der Waals surface area contributed by atoms with E-state index in [1.54, 1.807) is 7.11 Å². The molecule has 26 heavy (non-hydrogen) atoms. The van der Waals surface area contributed by atoms with Crippen molar-refractivity contribution >= 4 is 0 Å². The monoisotopic (exact) mass is 348 g/mol. The molecule has 0 aromatic heterocycles. The molecule has 136 valence electrons. The van der Waals surface area contributed by atoms with Gasteiger partial charge in [-0.1, -0.05) is 30.3 Å². The Balaban J connectivity index is 1.49. The maximum absolute atomic E-state index is 6.36. The summed E-state index contributed by atoms with van der Waals surface area (Å²) >= 11 is 0. The van der Waals surface area contributed by atoms with Crippen LogP contribution in [0.2, 0.25) is 0 Å². The lowest BCUT2D eigenvalue weighted by atomic mass is 9.48. The molecule has 4 aliphatic rings. The van der Waals surface area contributed by atoms with Crippen molar-refractivity contribution in [2.24, 2.45) is 17.8 Å². The van der Waals surface area contributed by atoms with Crippen molar-refractivity contribution < 1.29 is 9.47 Å². The van der Waals surface area contributed by atoms with Crippen molar-refractivity contribution in [1.82, 2.24) is 0 Å². The van der Waals surface area contributed by atoms with Crippen LogP contribution in [0, 0.1) is 17.8 Å². The highest BCUT2D eigenvalue weighted by Crippen LogP contribution is 2.62. The van der Waals surface area contributed by atoms with E-state index >= 15 is 0 Å². The summed E-state index contributed by atoms with van der Waals surface area (Å²) < 4.78 is 11.9. The maximum atomic E-state index is 6.36. The molecule has 0 N–H and O–H groups in total. The molecule has 4 bridgehead atoms. The minimum Gasteiger partial charge on any atom is -0.497 e. The molecule has 4 fully saturated rings. The van der Waals surface area contributed by atoms with Gasteiger partial charge in [-0.3, -0.25) is 0 Å². The lowest BCUT2D eigenvalue weighted by Crippen LogP contribution is -2.48. The topological polar surface area (TPSA) is 18.5 Å². The summed E-state index contributed by atoms with van der Waals surface area (Å²) in [6, 6.07) is 16.9. The molecule has 0 atom stereocenters. The van der Waals surface area contributed by atoms with Crippen LogP contribution in [0.1, 0.15) is 49.7 Å². The van der Waals surface area contributed by atoms with Crippen LogP contribution in [-0.4, -0.2) is 7.11 Å². The molecular weight excluding hydrogens is 320 g/mol. The molecule has 6 rings (SSSR count). The zero-order valence-corrected chi connectivity index (χ0v) is 15.6. The van der Waals surface area contributed by atoms with Gasteiger partial charge in [0.25, 0.3) is 0 Å². The zero-order valence-electron chi connectivity index (χ0n) is 15.6. The Kier molecular flexibility index (Phi) is 3.95. The Labute approximate surface area is 156 Å². The van der Waals surface area contributed by atoms with E-state index in [0.717, 1.165) is 29.3 Å². The van der Waals surface area contributed by atoms with E-state index in [0.29, 0.717) is 12.0 Å². The number of ether oxygens (including phenoxy) is 2. The summed E-state index contributed by atoms with van der Waals surface area (Å²) in [6.45, 7) is 0.631. The average molecular weight is 348 g/mol. The average Bonchev–Trinajstić information content (AvgIpc) is 2.66. The molecule has 4 aliphatic carbocycles. The molecule has 0 heterocycles. The fourth-order valence-corrected chi connectivity index (χ4v) is 6.35. The highest BCUT2D eigenvalue weighted by molar-refractivity contribution is 5.46. The predicted octanol–water partition coefficient (Wildman–Crippen LogP) is 5.74. The maximum Gasteiger partial charge on any atom is 0.123 e. The fraction of sp³-hybridized carbons (Fsp3) is 0.500. The van der Waals surface area contributed by atoms with Crippen LogP contribution in [-0.2, 0) is 12.0 Å². The highest BCUT2D eigenvalue weighted by Gasteiger charge is 2.52. The zero-order chi connectivity index (χ0) is 17.6. The van der Waals surface area contributed by atoms with Gasteiger partial charge in [0.05, 0.1) is 7.11 Å². The van der Waals surface area contributed by atoms with Gasteiger partial charge in [0.1, 0.15) is 18.1 Å². The quantitative estimate of drug-likeness (QED) is 0.686. The molecule has 0 saturated heterocycles. The molecule has 0 radical (unpaired) electrons. The smallest absolute Gasteiger partial charge is 0.123 e. The van der Waals surface area contributed by atoms with Crippen LogP contribution in [0.25, 0.3) is 0 Å². The SMILES string of the molecule is COc1ccc(OCc2ccccc2)c(C23CC4CC(CC(C4)C2)C3)c1. The number of hydrogen-bond donors (Lipinski definition) is 0. The Bertz CT molecular complexity index is 745. The molecule has 2 nitrogen and oxygen atoms in total. The normalized spacial score (nSPS) is 31.8. The van der Waals surface area contributed by atoms with Gasteiger partial charge < -0.3 is 9.47 Å². The van der Waals surface area contributed by atoms with Crippen LogP contribution in [0.3, 0.4) is 0 Å². The Morgan fingerprint density at radius 1 is 0.885 bits per heavy atom. The van der Waals surface area contributed by atoms with Gasteiger partial charge in [-0.05, 0) is 85.5 Å². The van der Waals surface area contributed by atoms with Gasteiger partial charge in [-0.2, -0.15) is 0 Å². The van der Waals surface area contributed by atoms with Crippen LogP contribution >= 0.6 is 0 Å². The number of hydrogen-bond acceptors (Lipinski definition) is 2. The van der Waals surface area contributed by atoms with E-state index in [-0.39, 0.29) is 0 Å². The first-order valence-corrected chi connectivity index (χ1v) is 10.1. The second-order valence-electron chi connectivity index (χ2n) is 8.83. The summed E-state index contributed by atoms with van der Waals surface area (Å²) in [5, 5.41) is 0. The fourth-order valence-electron chi connectivity index (χ4n) is 6.35. The molecule has 2 heteroatoms. The minimum atomic E-state index is 0.315. The van der Waals surface area contributed by atoms with Crippen LogP contribution in [0.5, 0.6) is 11.5 Å². The standard InChI is InChI=1S/C24H28O2/c1-25-21-7-8-23(26-16-17-5-3-2-4-6-17)22(12-21)24-13-18-9-19(14-24)11-20(10-18)15-24/h2-8,12,18-20H,9-11,13-16H2,1H3. The second-order valence-corrected chi connectivity index (χ2v) is 8.83. The van der Waals surface area contributed by atoms with E-state index in [4.69, 9.17) is 9.47 Å². The molecule has 0 aliphatic heterocycles. The molecular formula is C24H28O2. The van der Waals surface area contributed by atoms with E-state index in [1.165, 1.54) is 49.7 Å². The molecule has 4 saturated carbocycles. The van der Waals surface area contributed by atoms with Crippen LogP contribution in [0.4, 0.5) is 0 Å². The van der Waals surface area contributed by atoms with E-state index in [9.17, 15) is 0 Å². The molecule has 2 aromatic carbocycles. The summed E-state index contributed by atoms with van der Waals surface area (Å²) in [5.41, 5.74) is 2.95. The van der Waals surface area contributed by atoms with Crippen molar-refractivity contribution in [2.75, 3.05) is 7.11 Å². The second kappa shape index (κ2) is 6.33. The van der Waals surface area contributed by atoms with Crippen molar-refractivity contribution in [1.29, 1.82) is 0 Å². The lowest BCUT2D eigenvalue weighted by Gasteiger charge is -2.57. The highest BCUT2D eigenvalue weighted by atomic mass is 16.5. The summed E-state index contributed by atoms with van der Waals surface area (Å²) in [6.07, 6.45) is 8.41.